The van der Waals surface area contributed by atoms with Crippen LogP contribution in [0, 0.1) is 5.92 Å². The van der Waals surface area contributed by atoms with Crippen LogP contribution in [0.15, 0.2) is 36.5 Å². The lowest BCUT2D eigenvalue weighted by atomic mass is 10.1. The minimum absolute atomic E-state index is 0.0622. The van der Waals surface area contributed by atoms with Gasteiger partial charge in [-0.1, -0.05) is 13.8 Å². The summed E-state index contributed by atoms with van der Waals surface area (Å²) in [5, 5.41) is 2.64. The summed E-state index contributed by atoms with van der Waals surface area (Å²) < 4.78 is 35.3. The van der Waals surface area contributed by atoms with Crippen LogP contribution < -0.4 is 19.1 Å². The number of nitrogens with one attached hydrogen (secondary N) is 1. The zero-order chi connectivity index (χ0) is 23.2. The van der Waals surface area contributed by atoms with Gasteiger partial charge in [-0.3, -0.25) is 9.59 Å². The summed E-state index contributed by atoms with van der Waals surface area (Å²) in [5.41, 5.74) is 0.376. The average molecular weight is 450 g/mol. The van der Waals surface area contributed by atoms with Gasteiger partial charge in [0.1, 0.15) is 17.3 Å². The number of sulfonamides is 1. The summed E-state index contributed by atoms with van der Waals surface area (Å²) in [5.74, 6) is 1.06. The maximum absolute atomic E-state index is 12.8. The number of rotatable bonds is 10. The Labute approximate surface area is 182 Å². The van der Waals surface area contributed by atoms with Crippen molar-refractivity contribution in [3.8, 4) is 11.5 Å². The van der Waals surface area contributed by atoms with Crippen LogP contribution in [0.4, 0.5) is 11.5 Å². The molecule has 9 nitrogen and oxygen atoms in total. The van der Waals surface area contributed by atoms with Crippen molar-refractivity contribution in [2.45, 2.75) is 33.8 Å². The van der Waals surface area contributed by atoms with E-state index in [1.807, 2.05) is 27.7 Å². The summed E-state index contributed by atoms with van der Waals surface area (Å²) in [6, 6.07) is 7.71. The molecule has 2 aromatic rings. The Morgan fingerprint density at radius 2 is 1.84 bits per heavy atom. The minimum atomic E-state index is -3.77. The highest BCUT2D eigenvalue weighted by molar-refractivity contribution is 7.92. The molecule has 0 saturated carbocycles. The molecule has 0 aliphatic carbocycles. The molecule has 0 atom stereocenters. The van der Waals surface area contributed by atoms with Gasteiger partial charge in [0.05, 0.1) is 30.9 Å². The molecule has 0 spiro atoms. The van der Waals surface area contributed by atoms with Crippen molar-refractivity contribution in [2.75, 3.05) is 22.5 Å². The topological polar surface area (TPSA) is 115 Å². The van der Waals surface area contributed by atoms with E-state index in [9.17, 15) is 18.0 Å². The quantitative estimate of drug-likeness (QED) is 0.554. The first-order chi connectivity index (χ1) is 14.5. The molecule has 2 rings (SSSR count). The molecular formula is C21H27N3O6S. The van der Waals surface area contributed by atoms with Gasteiger partial charge in [0, 0.05) is 11.6 Å². The van der Waals surface area contributed by atoms with Crippen LogP contribution in [0.2, 0.25) is 0 Å². The molecule has 1 heterocycles. The Morgan fingerprint density at radius 1 is 1.16 bits per heavy atom. The molecule has 1 N–H and O–H groups in total. The second-order valence-electron chi connectivity index (χ2n) is 7.58. The maximum atomic E-state index is 12.8. The third-order valence-electron chi connectivity index (χ3n) is 3.79. The molecule has 0 aliphatic heterocycles. The van der Waals surface area contributed by atoms with Crippen molar-refractivity contribution < 1.29 is 27.5 Å². The number of benzene rings is 1. The minimum Gasteiger partial charge on any atom is -0.493 e. The Kier molecular flexibility index (Phi) is 7.98. The molecule has 2 amide bonds. The van der Waals surface area contributed by atoms with Gasteiger partial charge in [-0.15, -0.1) is 0 Å². The SMILES string of the molecule is CC(C)COc1cc(OC(C)C)cc(C(=O)Nc2ccc(N(C=O)S(C)(=O)=O)cn2)c1. The summed E-state index contributed by atoms with van der Waals surface area (Å²) >= 11 is 0. The van der Waals surface area contributed by atoms with Crippen LogP contribution in [0.3, 0.4) is 0 Å². The second-order valence-corrected chi connectivity index (χ2v) is 9.44. The maximum Gasteiger partial charge on any atom is 0.257 e. The lowest BCUT2D eigenvalue weighted by molar-refractivity contribution is -0.106. The molecule has 31 heavy (non-hydrogen) atoms. The normalized spacial score (nSPS) is 11.3. The van der Waals surface area contributed by atoms with E-state index < -0.39 is 15.9 Å². The summed E-state index contributed by atoms with van der Waals surface area (Å²) in [6.07, 6.45) is 2.19. The Balaban J connectivity index is 2.23. The van der Waals surface area contributed by atoms with Crippen LogP contribution >= 0.6 is 0 Å². The van der Waals surface area contributed by atoms with Gasteiger partial charge in [0.25, 0.3) is 5.91 Å². The number of anilines is 2. The van der Waals surface area contributed by atoms with Gasteiger partial charge in [-0.25, -0.2) is 17.7 Å². The number of aromatic nitrogens is 1. The van der Waals surface area contributed by atoms with Gasteiger partial charge >= 0.3 is 0 Å². The van der Waals surface area contributed by atoms with Crippen LogP contribution in [0.25, 0.3) is 0 Å². The van der Waals surface area contributed by atoms with Crippen LogP contribution in [-0.4, -0.2) is 44.7 Å². The van der Waals surface area contributed by atoms with Crippen molar-refractivity contribution in [3.63, 3.8) is 0 Å². The number of hydrogen-bond donors (Lipinski definition) is 1. The van der Waals surface area contributed by atoms with Crippen LogP contribution in [0.5, 0.6) is 11.5 Å². The molecule has 0 fully saturated rings. The summed E-state index contributed by atoms with van der Waals surface area (Å²) in [4.78, 5) is 27.8. The molecule has 0 unspecified atom stereocenters. The van der Waals surface area contributed by atoms with E-state index in [4.69, 9.17) is 9.47 Å². The first-order valence-corrected chi connectivity index (χ1v) is 11.5. The highest BCUT2D eigenvalue weighted by Gasteiger charge is 2.17. The van der Waals surface area contributed by atoms with E-state index in [1.54, 1.807) is 18.2 Å². The predicted molar refractivity (Wildman–Crippen MR) is 118 cm³/mol. The van der Waals surface area contributed by atoms with E-state index in [2.05, 4.69) is 10.3 Å². The van der Waals surface area contributed by atoms with Crippen molar-refractivity contribution in [2.24, 2.45) is 5.92 Å². The first-order valence-electron chi connectivity index (χ1n) is 9.66. The van der Waals surface area contributed by atoms with Gasteiger partial charge in [-0.2, -0.15) is 0 Å². The van der Waals surface area contributed by atoms with E-state index in [-0.39, 0.29) is 24.0 Å². The van der Waals surface area contributed by atoms with Crippen molar-refractivity contribution in [1.29, 1.82) is 0 Å². The Hall–Kier alpha value is -3.14. The number of amides is 2. The van der Waals surface area contributed by atoms with E-state index in [0.29, 0.717) is 33.9 Å². The zero-order valence-corrected chi connectivity index (χ0v) is 19.0. The molecule has 0 bridgehead atoms. The molecule has 0 aliphatic rings. The number of carbonyl (C=O) groups excluding carboxylic acids is 2. The lowest BCUT2D eigenvalue weighted by Gasteiger charge is -2.16. The van der Waals surface area contributed by atoms with Crippen LogP contribution in [0.1, 0.15) is 38.1 Å². The molecule has 1 aromatic carbocycles. The van der Waals surface area contributed by atoms with Gasteiger partial charge in [0.2, 0.25) is 16.4 Å². The molecular weight excluding hydrogens is 422 g/mol. The Morgan fingerprint density at radius 3 is 2.35 bits per heavy atom. The highest BCUT2D eigenvalue weighted by Crippen LogP contribution is 2.25. The highest BCUT2D eigenvalue weighted by atomic mass is 32.2. The van der Waals surface area contributed by atoms with Gasteiger partial charge in [0.15, 0.2) is 0 Å². The van der Waals surface area contributed by atoms with E-state index in [0.717, 1.165) is 6.26 Å². The first kappa shape index (κ1) is 24.1. The molecule has 168 valence electrons. The monoisotopic (exact) mass is 449 g/mol. The van der Waals surface area contributed by atoms with Crippen LogP contribution in [-0.2, 0) is 14.8 Å². The summed E-state index contributed by atoms with van der Waals surface area (Å²) in [6.45, 7) is 8.29. The molecule has 0 saturated heterocycles. The van der Waals surface area contributed by atoms with Gasteiger partial charge < -0.3 is 14.8 Å². The second kappa shape index (κ2) is 10.3. The largest absolute Gasteiger partial charge is 0.493 e. The number of nitrogens with zero attached hydrogens (tertiary/aromatic N) is 2. The predicted octanol–water partition coefficient (Wildman–Crippen LogP) is 3.08. The number of pyridine rings is 1. The molecule has 0 radical (unpaired) electrons. The lowest BCUT2D eigenvalue weighted by Crippen LogP contribution is -2.28. The third-order valence-corrected chi connectivity index (χ3v) is 4.81. The van der Waals surface area contributed by atoms with Crippen molar-refractivity contribution >= 4 is 33.8 Å². The number of ether oxygens (including phenoxy) is 2. The standard InChI is InChI=1S/C21H27N3O6S/c1-14(2)12-29-18-8-16(9-19(10-18)30-15(3)4)21(26)23-20-7-6-17(11-22-20)24(13-25)31(5,27)28/h6-11,13-15H,12H2,1-5H3,(H,22,23,26). The molecule has 1 aromatic heterocycles. The third kappa shape index (κ3) is 7.25. The zero-order valence-electron chi connectivity index (χ0n) is 18.2. The van der Waals surface area contributed by atoms with E-state index >= 15 is 0 Å². The van der Waals surface area contributed by atoms with Crippen molar-refractivity contribution in [3.05, 3.63) is 42.1 Å². The van der Waals surface area contributed by atoms with Gasteiger partial charge in [-0.05, 0) is 44.0 Å². The average Bonchev–Trinajstić information content (AvgIpc) is 2.66. The number of hydrogen-bond acceptors (Lipinski definition) is 7. The number of carbonyl (C=O) groups is 2. The fraction of sp³-hybridized carbons (Fsp3) is 0.381. The fourth-order valence-electron chi connectivity index (χ4n) is 2.50. The van der Waals surface area contributed by atoms with Crippen molar-refractivity contribution in [1.82, 2.24) is 4.98 Å². The molecule has 10 heteroatoms. The fourth-order valence-corrected chi connectivity index (χ4v) is 3.15. The smallest absolute Gasteiger partial charge is 0.257 e. The summed E-state index contributed by atoms with van der Waals surface area (Å²) in [7, 11) is -3.77. The Bertz CT molecular complexity index is 1020. The van der Waals surface area contributed by atoms with E-state index in [1.165, 1.54) is 18.3 Å².